The second kappa shape index (κ2) is 4.27. The molecular weight excluding hydrogens is 164 g/mol. The summed E-state index contributed by atoms with van der Waals surface area (Å²) in [6.07, 6.45) is 2.94. The van der Waals surface area contributed by atoms with Crippen molar-refractivity contribution in [3.8, 4) is 6.07 Å². The highest BCUT2D eigenvalue weighted by Gasteiger charge is 2.28. The maximum atomic E-state index is 11.3. The van der Waals surface area contributed by atoms with Crippen molar-refractivity contribution in [3.63, 3.8) is 0 Å². The molecule has 1 amide bonds. The number of hydrogen-bond acceptors (Lipinski definition) is 2. The predicted octanol–water partition coefficient (Wildman–Crippen LogP) is 1.45. The van der Waals surface area contributed by atoms with Gasteiger partial charge >= 0.3 is 0 Å². The van der Waals surface area contributed by atoms with Crippen LogP contribution in [-0.2, 0) is 4.79 Å². The van der Waals surface area contributed by atoms with E-state index < -0.39 is 0 Å². The molecule has 3 nitrogen and oxygen atoms in total. The number of nitriles is 1. The van der Waals surface area contributed by atoms with E-state index >= 15 is 0 Å². The number of rotatable bonds is 2. The largest absolute Gasteiger partial charge is 0.352 e. The fourth-order valence-electron chi connectivity index (χ4n) is 1.64. The molecule has 0 saturated heterocycles. The fraction of sp³-hybridized carbons (Fsp3) is 0.800. The Labute approximate surface area is 79.1 Å². The summed E-state index contributed by atoms with van der Waals surface area (Å²) in [5.41, 5.74) is 0. The maximum absolute atomic E-state index is 11.3. The maximum Gasteiger partial charge on any atom is 0.222 e. The van der Waals surface area contributed by atoms with Gasteiger partial charge in [0.05, 0.1) is 12.0 Å². The number of carbonyl (C=O) groups excluding carboxylic acids is 1. The van der Waals surface area contributed by atoms with E-state index in [1.54, 1.807) is 0 Å². The first kappa shape index (κ1) is 10.0. The monoisotopic (exact) mass is 180 g/mol. The summed E-state index contributed by atoms with van der Waals surface area (Å²) in [5.74, 6) is 0.106. The second-order valence-corrected chi connectivity index (χ2v) is 3.94. The zero-order valence-electron chi connectivity index (χ0n) is 8.21. The van der Waals surface area contributed by atoms with Gasteiger partial charge in [-0.1, -0.05) is 13.8 Å². The minimum atomic E-state index is 0.0138. The molecule has 1 aliphatic carbocycles. The van der Waals surface area contributed by atoms with Crippen molar-refractivity contribution in [2.24, 2.45) is 11.8 Å². The summed E-state index contributed by atoms with van der Waals surface area (Å²) >= 11 is 0. The normalized spacial score (nSPS) is 27.2. The topological polar surface area (TPSA) is 52.9 Å². The Morgan fingerprint density at radius 2 is 2.23 bits per heavy atom. The third-order valence-electron chi connectivity index (χ3n) is 2.53. The average molecular weight is 180 g/mol. The number of carbonyl (C=O) groups is 1. The molecule has 3 heteroatoms. The van der Waals surface area contributed by atoms with Crippen LogP contribution < -0.4 is 5.32 Å². The molecule has 1 saturated carbocycles. The molecule has 0 aromatic rings. The Bertz CT molecular complexity index is 230. The Hall–Kier alpha value is -1.04. The Balaban J connectivity index is 2.45. The molecule has 1 aliphatic rings. The first-order valence-electron chi connectivity index (χ1n) is 4.85. The van der Waals surface area contributed by atoms with Crippen molar-refractivity contribution in [1.82, 2.24) is 5.32 Å². The summed E-state index contributed by atoms with van der Waals surface area (Å²) in [5, 5.41) is 11.7. The number of hydrogen-bond donors (Lipinski definition) is 1. The molecule has 13 heavy (non-hydrogen) atoms. The molecule has 0 heterocycles. The molecular formula is C10H16N2O. The van der Waals surface area contributed by atoms with Crippen molar-refractivity contribution >= 4 is 5.91 Å². The lowest BCUT2D eigenvalue weighted by atomic mass is 10.0. The van der Waals surface area contributed by atoms with Gasteiger partial charge in [0.15, 0.2) is 0 Å². The summed E-state index contributed by atoms with van der Waals surface area (Å²) in [4.78, 5) is 11.3. The number of nitrogens with zero attached hydrogens (tertiary/aromatic N) is 1. The van der Waals surface area contributed by atoms with E-state index in [1.807, 2.05) is 13.8 Å². The van der Waals surface area contributed by atoms with Gasteiger partial charge in [0.1, 0.15) is 0 Å². The molecule has 0 aliphatic heterocycles. The molecule has 1 rings (SSSR count). The fourth-order valence-corrected chi connectivity index (χ4v) is 1.64. The van der Waals surface area contributed by atoms with Crippen LogP contribution in [0.3, 0.4) is 0 Å². The molecule has 1 fully saturated rings. The van der Waals surface area contributed by atoms with Crippen LogP contribution in [0.5, 0.6) is 0 Å². The second-order valence-electron chi connectivity index (χ2n) is 3.94. The van der Waals surface area contributed by atoms with Crippen LogP contribution in [0.15, 0.2) is 0 Å². The zero-order chi connectivity index (χ0) is 9.84. The molecule has 0 radical (unpaired) electrons. The van der Waals surface area contributed by atoms with Gasteiger partial charge in [-0.05, 0) is 19.3 Å². The first-order valence-corrected chi connectivity index (χ1v) is 4.85. The third kappa shape index (κ3) is 2.45. The highest BCUT2D eigenvalue weighted by molar-refractivity contribution is 5.78. The molecule has 2 atom stereocenters. The molecule has 0 aromatic heterocycles. The van der Waals surface area contributed by atoms with E-state index in [4.69, 9.17) is 5.26 Å². The van der Waals surface area contributed by atoms with Gasteiger partial charge in [-0.3, -0.25) is 4.79 Å². The number of amides is 1. The van der Waals surface area contributed by atoms with Gasteiger partial charge in [0.2, 0.25) is 5.91 Å². The van der Waals surface area contributed by atoms with Gasteiger partial charge < -0.3 is 5.32 Å². The van der Waals surface area contributed by atoms with Crippen LogP contribution in [-0.4, -0.2) is 11.9 Å². The Morgan fingerprint density at radius 3 is 2.77 bits per heavy atom. The van der Waals surface area contributed by atoms with Crippen LogP contribution >= 0.6 is 0 Å². The number of nitrogens with one attached hydrogen (secondary N) is 1. The van der Waals surface area contributed by atoms with Crippen LogP contribution in [0.4, 0.5) is 0 Å². The van der Waals surface area contributed by atoms with E-state index in [0.29, 0.717) is 0 Å². The highest BCUT2D eigenvalue weighted by atomic mass is 16.1. The van der Waals surface area contributed by atoms with Crippen LogP contribution in [0.1, 0.15) is 33.1 Å². The standard InChI is InChI=1S/C10H16N2O/c1-7(2)10(13)12-9-5-3-4-8(9)6-11/h7-9H,3-5H2,1-2H3,(H,12,13). The summed E-state index contributed by atoms with van der Waals surface area (Å²) in [6, 6.07) is 2.34. The Kier molecular flexibility index (Phi) is 3.30. The lowest BCUT2D eigenvalue weighted by Gasteiger charge is -2.16. The van der Waals surface area contributed by atoms with Crippen molar-refractivity contribution in [2.45, 2.75) is 39.2 Å². The summed E-state index contributed by atoms with van der Waals surface area (Å²) in [6.45, 7) is 3.73. The average Bonchev–Trinajstić information content (AvgIpc) is 2.51. The van der Waals surface area contributed by atoms with Crippen LogP contribution in [0, 0.1) is 23.2 Å². The van der Waals surface area contributed by atoms with Gasteiger partial charge in [-0.2, -0.15) is 5.26 Å². The molecule has 0 bridgehead atoms. The molecule has 1 N–H and O–H groups in total. The van der Waals surface area contributed by atoms with E-state index in [2.05, 4.69) is 11.4 Å². The first-order chi connectivity index (χ1) is 6.15. The van der Waals surface area contributed by atoms with Gasteiger partial charge in [-0.25, -0.2) is 0 Å². The van der Waals surface area contributed by atoms with Gasteiger partial charge in [-0.15, -0.1) is 0 Å². The Morgan fingerprint density at radius 1 is 1.54 bits per heavy atom. The SMILES string of the molecule is CC(C)C(=O)NC1CCCC1C#N. The van der Waals surface area contributed by atoms with Gasteiger partial charge in [0.25, 0.3) is 0 Å². The highest BCUT2D eigenvalue weighted by Crippen LogP contribution is 2.24. The van der Waals surface area contributed by atoms with E-state index in [-0.39, 0.29) is 23.8 Å². The van der Waals surface area contributed by atoms with Crippen molar-refractivity contribution in [2.75, 3.05) is 0 Å². The van der Waals surface area contributed by atoms with E-state index in [9.17, 15) is 4.79 Å². The molecule has 2 unspecified atom stereocenters. The molecule has 0 aromatic carbocycles. The quantitative estimate of drug-likeness (QED) is 0.699. The van der Waals surface area contributed by atoms with Crippen molar-refractivity contribution in [3.05, 3.63) is 0 Å². The lowest BCUT2D eigenvalue weighted by Crippen LogP contribution is -2.39. The van der Waals surface area contributed by atoms with Crippen LogP contribution in [0.25, 0.3) is 0 Å². The van der Waals surface area contributed by atoms with Crippen molar-refractivity contribution < 1.29 is 4.79 Å². The lowest BCUT2D eigenvalue weighted by molar-refractivity contribution is -0.124. The minimum absolute atomic E-state index is 0.0138. The molecule has 0 spiro atoms. The van der Waals surface area contributed by atoms with Gasteiger partial charge in [0, 0.05) is 12.0 Å². The van der Waals surface area contributed by atoms with E-state index in [1.165, 1.54) is 0 Å². The molecule has 72 valence electrons. The predicted molar refractivity (Wildman–Crippen MR) is 49.7 cm³/mol. The third-order valence-corrected chi connectivity index (χ3v) is 2.53. The summed E-state index contributed by atoms with van der Waals surface area (Å²) in [7, 11) is 0. The smallest absolute Gasteiger partial charge is 0.222 e. The van der Waals surface area contributed by atoms with E-state index in [0.717, 1.165) is 19.3 Å². The minimum Gasteiger partial charge on any atom is -0.352 e. The zero-order valence-corrected chi connectivity index (χ0v) is 8.21. The van der Waals surface area contributed by atoms with Crippen molar-refractivity contribution in [1.29, 1.82) is 5.26 Å². The van der Waals surface area contributed by atoms with Crippen LogP contribution in [0.2, 0.25) is 0 Å². The summed E-state index contributed by atoms with van der Waals surface area (Å²) < 4.78 is 0.